The van der Waals surface area contributed by atoms with E-state index in [2.05, 4.69) is 4.98 Å². The first kappa shape index (κ1) is 22.1. The number of hydrogen-bond acceptors (Lipinski definition) is 7. The van der Waals surface area contributed by atoms with Crippen LogP contribution in [0.25, 0.3) is 11.1 Å². The number of fused-ring (bicyclic) bond motifs is 2. The standard InChI is InChI=1S/C26H23ClN2O5/c1-31-22-11-8-17-14-29(26-28-20-10-9-18(27)12-23(20)34-26)21(25(30)32-2)13-19(17)24(22)33-15-16-6-4-3-5-7-16/h3-12,21H,13-15H2,1-2H3/t21-/m0/s1. The number of aromatic nitrogens is 1. The van der Waals surface area contributed by atoms with Crippen LogP contribution in [-0.2, 0) is 29.1 Å². The molecule has 0 spiro atoms. The highest BCUT2D eigenvalue weighted by Crippen LogP contribution is 2.40. The highest BCUT2D eigenvalue weighted by molar-refractivity contribution is 6.31. The largest absolute Gasteiger partial charge is 0.493 e. The summed E-state index contributed by atoms with van der Waals surface area (Å²) in [6.07, 6.45) is 0.350. The minimum absolute atomic E-state index is 0.334. The smallest absolute Gasteiger partial charge is 0.329 e. The summed E-state index contributed by atoms with van der Waals surface area (Å²) in [5.41, 5.74) is 4.15. The second-order valence-corrected chi connectivity index (χ2v) is 8.42. The third kappa shape index (κ3) is 4.15. The minimum Gasteiger partial charge on any atom is -0.493 e. The van der Waals surface area contributed by atoms with Crippen molar-refractivity contribution in [1.82, 2.24) is 4.98 Å². The van der Waals surface area contributed by atoms with Crippen molar-refractivity contribution in [3.8, 4) is 11.5 Å². The van der Waals surface area contributed by atoms with E-state index in [4.69, 9.17) is 30.2 Å². The van der Waals surface area contributed by atoms with Gasteiger partial charge in [-0.25, -0.2) is 4.79 Å². The van der Waals surface area contributed by atoms with Gasteiger partial charge in [0, 0.05) is 29.6 Å². The summed E-state index contributed by atoms with van der Waals surface area (Å²) < 4.78 is 22.9. The van der Waals surface area contributed by atoms with Gasteiger partial charge in [-0.15, -0.1) is 0 Å². The quantitative estimate of drug-likeness (QED) is 0.354. The van der Waals surface area contributed by atoms with E-state index in [1.807, 2.05) is 47.4 Å². The highest BCUT2D eigenvalue weighted by Gasteiger charge is 2.37. The molecular weight excluding hydrogens is 456 g/mol. The summed E-state index contributed by atoms with van der Waals surface area (Å²) in [5, 5.41) is 0.552. The second kappa shape index (κ2) is 9.27. The molecule has 1 aromatic heterocycles. The SMILES string of the molecule is COC(=O)[C@@H]1Cc2c(ccc(OC)c2OCc2ccccc2)CN1c1nc2ccc(Cl)cc2o1. The molecule has 0 unspecified atom stereocenters. The van der Waals surface area contributed by atoms with Gasteiger partial charge in [0.25, 0.3) is 6.01 Å². The van der Waals surface area contributed by atoms with Gasteiger partial charge >= 0.3 is 5.97 Å². The Bertz CT molecular complexity index is 1340. The number of carbonyl (C=O) groups excluding carboxylic acids is 1. The third-order valence-corrected chi connectivity index (χ3v) is 6.17. The Morgan fingerprint density at radius 1 is 1.15 bits per heavy atom. The zero-order valence-electron chi connectivity index (χ0n) is 18.8. The van der Waals surface area contributed by atoms with Crippen LogP contribution in [0.4, 0.5) is 6.01 Å². The average molecular weight is 479 g/mol. The molecule has 0 fully saturated rings. The molecule has 3 aromatic carbocycles. The highest BCUT2D eigenvalue weighted by atomic mass is 35.5. The predicted molar refractivity (Wildman–Crippen MR) is 128 cm³/mol. The molecule has 0 N–H and O–H groups in total. The summed E-state index contributed by atoms with van der Waals surface area (Å²) in [6, 6.07) is 18.7. The van der Waals surface area contributed by atoms with Crippen LogP contribution in [0.15, 0.2) is 65.1 Å². The van der Waals surface area contributed by atoms with E-state index in [1.54, 1.807) is 25.3 Å². The molecule has 0 saturated carbocycles. The molecule has 0 bridgehead atoms. The molecule has 1 aliphatic rings. The van der Waals surface area contributed by atoms with E-state index >= 15 is 0 Å². The number of anilines is 1. The summed E-state index contributed by atoms with van der Waals surface area (Å²) in [7, 11) is 2.98. The zero-order valence-corrected chi connectivity index (χ0v) is 19.5. The molecule has 2 heterocycles. The van der Waals surface area contributed by atoms with E-state index in [0.29, 0.717) is 53.2 Å². The van der Waals surface area contributed by atoms with Crippen LogP contribution in [-0.4, -0.2) is 31.2 Å². The molecular formula is C26H23ClN2O5. The number of carbonyl (C=O) groups is 1. The van der Waals surface area contributed by atoms with Gasteiger partial charge in [0.1, 0.15) is 18.2 Å². The first-order chi connectivity index (χ1) is 16.6. The van der Waals surface area contributed by atoms with Gasteiger partial charge in [-0.3, -0.25) is 0 Å². The summed E-state index contributed by atoms with van der Waals surface area (Å²) in [5.74, 6) is 0.854. The number of methoxy groups -OCH3 is 2. The van der Waals surface area contributed by atoms with Gasteiger partial charge in [0.15, 0.2) is 17.1 Å². The van der Waals surface area contributed by atoms with Crippen LogP contribution >= 0.6 is 11.6 Å². The zero-order chi connectivity index (χ0) is 23.7. The second-order valence-electron chi connectivity index (χ2n) is 7.99. The van der Waals surface area contributed by atoms with Gasteiger partial charge in [-0.05, 0) is 29.3 Å². The summed E-state index contributed by atoms with van der Waals surface area (Å²) >= 11 is 6.10. The van der Waals surface area contributed by atoms with Crippen LogP contribution in [0, 0.1) is 0 Å². The first-order valence-electron chi connectivity index (χ1n) is 10.8. The maximum atomic E-state index is 12.8. The predicted octanol–water partition coefficient (Wildman–Crippen LogP) is 5.17. The summed E-state index contributed by atoms with van der Waals surface area (Å²) in [6.45, 7) is 0.771. The Morgan fingerprint density at radius 3 is 2.74 bits per heavy atom. The molecule has 8 heteroatoms. The topological polar surface area (TPSA) is 74.0 Å². The van der Waals surface area contributed by atoms with E-state index in [0.717, 1.165) is 16.7 Å². The molecule has 5 rings (SSSR count). The van der Waals surface area contributed by atoms with Crippen molar-refractivity contribution in [2.75, 3.05) is 19.1 Å². The van der Waals surface area contributed by atoms with Crippen LogP contribution in [0.3, 0.4) is 0 Å². The van der Waals surface area contributed by atoms with Gasteiger partial charge in [0.2, 0.25) is 0 Å². The van der Waals surface area contributed by atoms with Crippen molar-refractivity contribution < 1.29 is 23.4 Å². The van der Waals surface area contributed by atoms with Crippen molar-refractivity contribution in [2.45, 2.75) is 25.6 Å². The fourth-order valence-corrected chi connectivity index (χ4v) is 4.38. The van der Waals surface area contributed by atoms with Crippen LogP contribution < -0.4 is 14.4 Å². The normalized spacial score (nSPS) is 15.1. The van der Waals surface area contributed by atoms with Crippen molar-refractivity contribution >= 4 is 34.7 Å². The van der Waals surface area contributed by atoms with Crippen LogP contribution in [0.1, 0.15) is 16.7 Å². The molecule has 0 aliphatic carbocycles. The molecule has 1 aliphatic heterocycles. The number of nitrogens with zero attached hydrogens (tertiary/aromatic N) is 2. The molecule has 0 radical (unpaired) electrons. The average Bonchev–Trinajstić information content (AvgIpc) is 3.29. The molecule has 0 saturated heterocycles. The minimum atomic E-state index is -0.646. The Kier molecular flexibility index (Phi) is 6.02. The maximum absolute atomic E-state index is 12.8. The third-order valence-electron chi connectivity index (χ3n) is 5.94. The number of esters is 1. The van der Waals surface area contributed by atoms with E-state index in [-0.39, 0.29) is 5.97 Å². The molecule has 174 valence electrons. The number of rotatable bonds is 6. The molecule has 4 aromatic rings. The first-order valence-corrected chi connectivity index (χ1v) is 11.2. The van der Waals surface area contributed by atoms with Gasteiger partial charge < -0.3 is 23.5 Å². The van der Waals surface area contributed by atoms with Gasteiger partial charge in [0.05, 0.1) is 14.2 Å². The molecule has 34 heavy (non-hydrogen) atoms. The molecule has 7 nitrogen and oxygen atoms in total. The van der Waals surface area contributed by atoms with Gasteiger partial charge in [-0.1, -0.05) is 48.0 Å². The molecule has 0 amide bonds. The van der Waals surface area contributed by atoms with Crippen molar-refractivity contribution in [2.24, 2.45) is 0 Å². The monoisotopic (exact) mass is 478 g/mol. The maximum Gasteiger partial charge on any atom is 0.329 e. The fraction of sp³-hybridized carbons (Fsp3) is 0.231. The van der Waals surface area contributed by atoms with E-state index in [9.17, 15) is 4.79 Å². The lowest BCUT2D eigenvalue weighted by Crippen LogP contribution is -2.46. The Hall–Kier alpha value is -3.71. The number of hydrogen-bond donors (Lipinski definition) is 0. The lowest BCUT2D eigenvalue weighted by Gasteiger charge is -2.35. The van der Waals surface area contributed by atoms with Gasteiger partial charge in [-0.2, -0.15) is 4.98 Å². The lowest BCUT2D eigenvalue weighted by molar-refractivity contribution is -0.142. The van der Waals surface area contributed by atoms with E-state index in [1.165, 1.54) is 7.11 Å². The van der Waals surface area contributed by atoms with Crippen molar-refractivity contribution in [3.05, 3.63) is 82.4 Å². The Morgan fingerprint density at radius 2 is 1.97 bits per heavy atom. The Balaban J connectivity index is 1.53. The van der Waals surface area contributed by atoms with Crippen LogP contribution in [0.5, 0.6) is 11.5 Å². The summed E-state index contributed by atoms with van der Waals surface area (Å²) in [4.78, 5) is 19.2. The number of ether oxygens (including phenoxy) is 3. The number of halogens is 1. The van der Waals surface area contributed by atoms with Crippen LogP contribution in [0.2, 0.25) is 5.02 Å². The number of oxazole rings is 1. The van der Waals surface area contributed by atoms with E-state index < -0.39 is 6.04 Å². The molecule has 1 atom stereocenters. The fourth-order valence-electron chi connectivity index (χ4n) is 4.22. The van der Waals surface area contributed by atoms with Crippen molar-refractivity contribution in [1.29, 1.82) is 0 Å². The number of benzene rings is 3. The van der Waals surface area contributed by atoms with Crippen molar-refractivity contribution in [3.63, 3.8) is 0 Å². The Labute approximate surface area is 201 Å². The lowest BCUT2D eigenvalue weighted by atomic mass is 9.92.